The first-order chi connectivity index (χ1) is 24.3. The normalized spacial score (nSPS) is 11.3. The highest BCUT2D eigenvalue weighted by Crippen LogP contribution is 2.43. The van der Waals surface area contributed by atoms with Crippen LogP contribution in [0.4, 0.5) is 0 Å². The highest BCUT2D eigenvalue weighted by atomic mass is 32.1. The van der Waals surface area contributed by atoms with Crippen molar-refractivity contribution in [2.24, 2.45) is 0 Å². The Morgan fingerprint density at radius 2 is 0.776 bits per heavy atom. The van der Waals surface area contributed by atoms with Crippen molar-refractivity contribution in [3.8, 4) is 67.5 Å². The van der Waals surface area contributed by atoms with Gasteiger partial charge >= 0.3 is 0 Å². The second-order valence-corrected chi connectivity index (χ2v) is 13.1. The summed E-state index contributed by atoms with van der Waals surface area (Å²) in [6.45, 7) is 0. The van der Waals surface area contributed by atoms with E-state index in [9.17, 15) is 0 Å². The minimum atomic E-state index is 0.648. The molecule has 4 heteroatoms. The van der Waals surface area contributed by atoms with Gasteiger partial charge in [-0.25, -0.2) is 15.0 Å². The van der Waals surface area contributed by atoms with E-state index in [1.165, 1.54) is 48.0 Å². The van der Waals surface area contributed by atoms with Crippen LogP contribution in [0.1, 0.15) is 0 Å². The molecule has 7 aromatic carbocycles. The van der Waals surface area contributed by atoms with Gasteiger partial charge in [-0.05, 0) is 52.1 Å². The Morgan fingerprint density at radius 1 is 0.306 bits per heavy atom. The topological polar surface area (TPSA) is 38.7 Å². The molecule has 0 spiro atoms. The molecule has 49 heavy (non-hydrogen) atoms. The first-order valence-electron chi connectivity index (χ1n) is 16.4. The average molecular weight is 644 g/mol. The molecular formula is C45H29N3S. The molecule has 0 saturated carbocycles. The van der Waals surface area contributed by atoms with E-state index in [0.717, 1.165) is 22.3 Å². The van der Waals surface area contributed by atoms with Crippen molar-refractivity contribution in [2.45, 2.75) is 0 Å². The van der Waals surface area contributed by atoms with Crippen molar-refractivity contribution in [2.75, 3.05) is 0 Å². The molecule has 0 radical (unpaired) electrons. The Bertz CT molecular complexity index is 2520. The number of hydrogen-bond donors (Lipinski definition) is 0. The number of benzene rings is 7. The molecule has 230 valence electrons. The fourth-order valence-corrected chi connectivity index (χ4v) is 7.68. The standard InChI is InChI=1S/C45H29N3S/c1-4-13-30(14-5-1)31-23-25-32(26-24-31)37-28-39(42-40(29-37)38-21-10-11-22-41(38)49-42)35-19-12-20-36(27-35)45-47-43(33-15-6-2-7-16-33)46-44(48-45)34-17-8-3-9-18-34/h1-29H. The molecule has 0 N–H and O–H groups in total. The molecule has 2 aromatic heterocycles. The first-order valence-corrected chi connectivity index (χ1v) is 17.2. The van der Waals surface area contributed by atoms with E-state index >= 15 is 0 Å². The quantitative estimate of drug-likeness (QED) is 0.181. The van der Waals surface area contributed by atoms with Gasteiger partial charge in [-0.2, -0.15) is 0 Å². The molecular weight excluding hydrogens is 615 g/mol. The fraction of sp³-hybridized carbons (Fsp3) is 0. The summed E-state index contributed by atoms with van der Waals surface area (Å²) in [4.78, 5) is 14.9. The Balaban J connectivity index is 1.20. The van der Waals surface area contributed by atoms with Gasteiger partial charge in [0.05, 0.1) is 0 Å². The molecule has 2 heterocycles. The van der Waals surface area contributed by atoms with Crippen LogP contribution in [0, 0.1) is 0 Å². The van der Waals surface area contributed by atoms with Crippen LogP contribution in [0.15, 0.2) is 176 Å². The Morgan fingerprint density at radius 3 is 1.41 bits per heavy atom. The Kier molecular flexibility index (Phi) is 7.34. The second-order valence-electron chi connectivity index (χ2n) is 12.1. The summed E-state index contributed by atoms with van der Waals surface area (Å²) in [6.07, 6.45) is 0. The maximum atomic E-state index is 5.01. The van der Waals surface area contributed by atoms with Gasteiger partial charge in [0.15, 0.2) is 17.5 Å². The smallest absolute Gasteiger partial charge is 0.164 e. The van der Waals surface area contributed by atoms with Gasteiger partial charge in [-0.3, -0.25) is 0 Å². The Labute approximate surface area is 288 Å². The maximum absolute atomic E-state index is 5.01. The first kappa shape index (κ1) is 29.0. The van der Waals surface area contributed by atoms with Gasteiger partial charge in [0.25, 0.3) is 0 Å². The lowest BCUT2D eigenvalue weighted by atomic mass is 9.94. The molecule has 0 aliphatic rings. The van der Waals surface area contributed by atoms with Crippen molar-refractivity contribution >= 4 is 31.5 Å². The third kappa shape index (κ3) is 5.58. The average Bonchev–Trinajstić information content (AvgIpc) is 3.57. The lowest BCUT2D eigenvalue weighted by molar-refractivity contribution is 1.07. The highest BCUT2D eigenvalue weighted by molar-refractivity contribution is 7.26. The minimum absolute atomic E-state index is 0.648. The van der Waals surface area contributed by atoms with Gasteiger partial charge in [-0.15, -0.1) is 11.3 Å². The zero-order chi connectivity index (χ0) is 32.6. The molecule has 0 amide bonds. The molecule has 0 atom stereocenters. The van der Waals surface area contributed by atoms with Crippen molar-refractivity contribution in [3.05, 3.63) is 176 Å². The number of fused-ring (bicyclic) bond motifs is 3. The minimum Gasteiger partial charge on any atom is -0.208 e. The highest BCUT2D eigenvalue weighted by Gasteiger charge is 2.16. The summed E-state index contributed by atoms with van der Waals surface area (Å²) in [5, 5.41) is 2.55. The van der Waals surface area contributed by atoms with E-state index in [4.69, 9.17) is 15.0 Å². The molecule has 3 nitrogen and oxygen atoms in total. The molecule has 0 unspecified atom stereocenters. The monoisotopic (exact) mass is 643 g/mol. The molecule has 9 aromatic rings. The number of aromatic nitrogens is 3. The number of hydrogen-bond acceptors (Lipinski definition) is 4. The third-order valence-electron chi connectivity index (χ3n) is 8.93. The lowest BCUT2D eigenvalue weighted by Gasteiger charge is -2.12. The fourth-order valence-electron chi connectivity index (χ4n) is 6.46. The molecule has 9 rings (SSSR count). The number of thiophene rings is 1. The summed E-state index contributed by atoms with van der Waals surface area (Å²) in [5.41, 5.74) is 9.98. The second kappa shape index (κ2) is 12.4. The summed E-state index contributed by atoms with van der Waals surface area (Å²) in [5.74, 6) is 1.96. The van der Waals surface area contributed by atoms with Gasteiger partial charge in [0, 0.05) is 42.4 Å². The summed E-state index contributed by atoms with van der Waals surface area (Å²) in [6, 6.07) is 61.7. The predicted octanol–water partition coefficient (Wildman–Crippen LogP) is 12.2. The van der Waals surface area contributed by atoms with Gasteiger partial charge in [-0.1, -0.05) is 152 Å². The number of rotatable bonds is 6. The predicted molar refractivity (Wildman–Crippen MR) is 205 cm³/mol. The maximum Gasteiger partial charge on any atom is 0.164 e. The largest absolute Gasteiger partial charge is 0.208 e. The molecule has 0 bridgehead atoms. The van der Waals surface area contributed by atoms with Crippen molar-refractivity contribution in [1.29, 1.82) is 0 Å². The summed E-state index contributed by atoms with van der Waals surface area (Å²) >= 11 is 1.85. The van der Waals surface area contributed by atoms with Crippen LogP contribution in [-0.4, -0.2) is 15.0 Å². The van der Waals surface area contributed by atoms with E-state index < -0.39 is 0 Å². The molecule has 0 fully saturated rings. The molecule has 0 aliphatic carbocycles. The van der Waals surface area contributed by atoms with E-state index in [0.29, 0.717) is 17.5 Å². The lowest BCUT2D eigenvalue weighted by Crippen LogP contribution is -2.00. The van der Waals surface area contributed by atoms with Crippen LogP contribution in [0.25, 0.3) is 87.7 Å². The Hall–Kier alpha value is -6.23. The zero-order valence-corrected chi connectivity index (χ0v) is 27.3. The van der Waals surface area contributed by atoms with E-state index in [1.54, 1.807) is 0 Å². The van der Waals surface area contributed by atoms with E-state index in [2.05, 4.69) is 115 Å². The van der Waals surface area contributed by atoms with Gasteiger partial charge in [0.1, 0.15) is 0 Å². The molecule has 0 saturated heterocycles. The van der Waals surface area contributed by atoms with Crippen molar-refractivity contribution in [1.82, 2.24) is 15.0 Å². The van der Waals surface area contributed by atoms with E-state index in [-0.39, 0.29) is 0 Å². The van der Waals surface area contributed by atoms with Crippen LogP contribution in [0.3, 0.4) is 0 Å². The van der Waals surface area contributed by atoms with Crippen molar-refractivity contribution < 1.29 is 0 Å². The molecule has 0 aliphatic heterocycles. The van der Waals surface area contributed by atoms with Gasteiger partial charge in [0.2, 0.25) is 0 Å². The zero-order valence-electron chi connectivity index (χ0n) is 26.5. The van der Waals surface area contributed by atoms with Crippen LogP contribution >= 0.6 is 11.3 Å². The van der Waals surface area contributed by atoms with Crippen molar-refractivity contribution in [3.63, 3.8) is 0 Å². The van der Waals surface area contributed by atoms with Crippen LogP contribution < -0.4 is 0 Å². The van der Waals surface area contributed by atoms with Crippen LogP contribution in [-0.2, 0) is 0 Å². The van der Waals surface area contributed by atoms with E-state index in [1.807, 2.05) is 72.0 Å². The third-order valence-corrected chi connectivity index (χ3v) is 10.2. The van der Waals surface area contributed by atoms with Crippen LogP contribution in [0.5, 0.6) is 0 Å². The number of nitrogens with zero attached hydrogens (tertiary/aromatic N) is 3. The van der Waals surface area contributed by atoms with Gasteiger partial charge < -0.3 is 0 Å². The SMILES string of the molecule is c1ccc(-c2ccc(-c3cc(-c4cccc(-c5nc(-c6ccccc6)nc(-c6ccccc6)n5)c4)c4sc5ccccc5c4c3)cc2)cc1. The summed E-state index contributed by atoms with van der Waals surface area (Å²) in [7, 11) is 0. The summed E-state index contributed by atoms with van der Waals surface area (Å²) < 4.78 is 2.55. The van der Waals surface area contributed by atoms with Crippen LogP contribution in [0.2, 0.25) is 0 Å².